The van der Waals surface area contributed by atoms with Crippen molar-refractivity contribution in [2.24, 2.45) is 0 Å². The van der Waals surface area contributed by atoms with E-state index in [9.17, 15) is 14.3 Å². The average Bonchev–Trinajstić information content (AvgIpc) is 3.01. The summed E-state index contributed by atoms with van der Waals surface area (Å²) in [6.07, 6.45) is 4.90. The molecular formula is C19H22FN3O2S. The summed E-state index contributed by atoms with van der Waals surface area (Å²) in [5.41, 5.74) is 1.36. The van der Waals surface area contributed by atoms with Crippen molar-refractivity contribution < 1.29 is 14.3 Å². The zero-order chi connectivity index (χ0) is 18.9. The zero-order valence-electron chi connectivity index (χ0n) is 14.5. The van der Waals surface area contributed by atoms with Crippen LogP contribution in [0.4, 0.5) is 4.39 Å². The van der Waals surface area contributed by atoms with Crippen molar-refractivity contribution >= 4 is 17.7 Å². The third-order valence-electron chi connectivity index (χ3n) is 3.67. The van der Waals surface area contributed by atoms with E-state index in [1.807, 2.05) is 0 Å². The van der Waals surface area contributed by atoms with Crippen LogP contribution in [0.1, 0.15) is 11.3 Å². The van der Waals surface area contributed by atoms with Gasteiger partial charge in [-0.25, -0.2) is 9.37 Å². The highest BCUT2D eigenvalue weighted by molar-refractivity contribution is 7.99. The van der Waals surface area contributed by atoms with Crippen LogP contribution in [-0.4, -0.2) is 44.3 Å². The Hall–Kier alpha value is -2.38. The predicted molar refractivity (Wildman–Crippen MR) is 101 cm³/mol. The number of aliphatic hydroxyl groups is 1. The number of thioether (sulfide) groups is 1. The first-order valence-electron chi connectivity index (χ1n) is 8.11. The lowest BCUT2D eigenvalue weighted by Crippen LogP contribution is -2.32. The van der Waals surface area contributed by atoms with Gasteiger partial charge in [0.2, 0.25) is 5.91 Å². The summed E-state index contributed by atoms with van der Waals surface area (Å²) in [7, 11) is 0. The maximum Gasteiger partial charge on any atom is 0.233 e. The zero-order valence-corrected chi connectivity index (χ0v) is 15.3. The number of hydrogen-bond acceptors (Lipinski definition) is 4. The van der Waals surface area contributed by atoms with Crippen molar-refractivity contribution in [3.63, 3.8) is 0 Å². The number of aliphatic hydroxyl groups excluding tert-OH is 1. The van der Waals surface area contributed by atoms with Gasteiger partial charge in [0.25, 0.3) is 0 Å². The molecule has 1 heterocycles. The quantitative estimate of drug-likeness (QED) is 0.512. The van der Waals surface area contributed by atoms with Crippen molar-refractivity contribution in [1.29, 1.82) is 0 Å². The van der Waals surface area contributed by atoms with Gasteiger partial charge in [0.1, 0.15) is 5.82 Å². The van der Waals surface area contributed by atoms with E-state index in [-0.39, 0.29) is 24.1 Å². The third-order valence-corrected chi connectivity index (χ3v) is 4.65. The van der Waals surface area contributed by atoms with E-state index < -0.39 is 0 Å². The second kappa shape index (κ2) is 9.94. The first-order chi connectivity index (χ1) is 12.6. The van der Waals surface area contributed by atoms with E-state index in [1.165, 1.54) is 23.9 Å². The lowest BCUT2D eigenvalue weighted by molar-refractivity contribution is -0.127. The Morgan fingerprint density at radius 1 is 1.35 bits per heavy atom. The van der Waals surface area contributed by atoms with E-state index >= 15 is 0 Å². The van der Waals surface area contributed by atoms with Gasteiger partial charge in [-0.05, 0) is 17.7 Å². The third kappa shape index (κ3) is 5.31. The monoisotopic (exact) mass is 375 g/mol. The predicted octanol–water partition coefficient (Wildman–Crippen LogP) is 2.86. The van der Waals surface area contributed by atoms with Gasteiger partial charge in [0.15, 0.2) is 5.16 Å². The molecule has 0 spiro atoms. The number of nitrogens with zero attached hydrogens (tertiary/aromatic N) is 3. The summed E-state index contributed by atoms with van der Waals surface area (Å²) in [6.45, 7) is 8.39. The Kier molecular flexibility index (Phi) is 7.62. The number of imidazole rings is 1. The van der Waals surface area contributed by atoms with E-state index in [4.69, 9.17) is 0 Å². The Morgan fingerprint density at radius 3 is 2.69 bits per heavy atom. The van der Waals surface area contributed by atoms with E-state index in [0.29, 0.717) is 30.5 Å². The maximum atomic E-state index is 13.4. The topological polar surface area (TPSA) is 58.4 Å². The normalized spacial score (nSPS) is 10.5. The molecule has 138 valence electrons. The minimum absolute atomic E-state index is 0.0549. The number of benzene rings is 1. The van der Waals surface area contributed by atoms with Gasteiger partial charge in [-0.3, -0.25) is 4.79 Å². The average molecular weight is 375 g/mol. The molecule has 2 aromatic rings. The molecule has 1 aromatic carbocycles. The molecule has 0 radical (unpaired) electrons. The smallest absolute Gasteiger partial charge is 0.233 e. The van der Waals surface area contributed by atoms with Gasteiger partial charge in [-0.15, -0.1) is 13.2 Å². The molecule has 0 fully saturated rings. The standard InChI is InChI=1S/C19H22FN3O2S/c1-3-8-22(9-4-2)18(25)14-26-19-21-11-17(13-24)23(19)12-15-6-5-7-16(20)10-15/h3-7,10-11,24H,1-2,8-9,12-14H2. The second-order valence-corrected chi connectivity index (χ2v) is 6.51. The van der Waals surface area contributed by atoms with Gasteiger partial charge >= 0.3 is 0 Å². The fraction of sp³-hybridized carbons (Fsp3) is 0.263. The number of hydrogen-bond donors (Lipinski definition) is 1. The molecule has 26 heavy (non-hydrogen) atoms. The van der Waals surface area contributed by atoms with Gasteiger partial charge in [0.05, 0.1) is 30.8 Å². The summed E-state index contributed by atoms with van der Waals surface area (Å²) in [4.78, 5) is 18.3. The van der Waals surface area contributed by atoms with Crippen LogP contribution < -0.4 is 0 Å². The van der Waals surface area contributed by atoms with Gasteiger partial charge < -0.3 is 14.6 Å². The Labute approximate surface area is 156 Å². The molecule has 0 aliphatic carbocycles. The van der Waals surface area contributed by atoms with Gasteiger partial charge in [-0.1, -0.05) is 36.0 Å². The minimum Gasteiger partial charge on any atom is -0.390 e. The molecule has 5 nitrogen and oxygen atoms in total. The van der Waals surface area contributed by atoms with Crippen LogP contribution in [0.3, 0.4) is 0 Å². The highest BCUT2D eigenvalue weighted by Crippen LogP contribution is 2.21. The summed E-state index contributed by atoms with van der Waals surface area (Å²) < 4.78 is 15.2. The molecule has 0 saturated carbocycles. The van der Waals surface area contributed by atoms with Crippen LogP contribution in [0.5, 0.6) is 0 Å². The lowest BCUT2D eigenvalue weighted by atomic mass is 10.2. The lowest BCUT2D eigenvalue weighted by Gasteiger charge is -2.19. The van der Waals surface area contributed by atoms with E-state index in [2.05, 4.69) is 18.1 Å². The van der Waals surface area contributed by atoms with Crippen LogP contribution in [0.15, 0.2) is 60.9 Å². The maximum absolute atomic E-state index is 13.4. The molecule has 0 unspecified atom stereocenters. The van der Waals surface area contributed by atoms with Crippen LogP contribution in [-0.2, 0) is 17.9 Å². The summed E-state index contributed by atoms with van der Waals surface area (Å²) in [5, 5.41) is 10.1. The summed E-state index contributed by atoms with van der Waals surface area (Å²) in [6, 6.07) is 6.27. The number of carbonyl (C=O) groups excluding carboxylic acids is 1. The number of halogens is 1. The van der Waals surface area contributed by atoms with E-state index in [0.717, 1.165) is 5.56 Å². The molecule has 7 heteroatoms. The molecule has 0 saturated heterocycles. The molecule has 2 rings (SSSR count). The number of rotatable bonds is 10. The van der Waals surface area contributed by atoms with Gasteiger partial charge in [0, 0.05) is 13.1 Å². The van der Waals surface area contributed by atoms with E-state index in [1.54, 1.807) is 39.9 Å². The number of amides is 1. The van der Waals surface area contributed by atoms with Crippen LogP contribution in [0.2, 0.25) is 0 Å². The molecule has 1 amide bonds. The number of carbonyl (C=O) groups is 1. The molecular weight excluding hydrogens is 353 g/mol. The summed E-state index contributed by atoms with van der Waals surface area (Å²) >= 11 is 1.28. The molecule has 1 N–H and O–H groups in total. The highest BCUT2D eigenvalue weighted by atomic mass is 32.2. The van der Waals surface area contributed by atoms with Crippen LogP contribution in [0.25, 0.3) is 0 Å². The second-order valence-electron chi connectivity index (χ2n) is 5.57. The minimum atomic E-state index is -0.318. The van der Waals surface area contributed by atoms with Crippen molar-refractivity contribution in [3.05, 3.63) is 72.8 Å². The van der Waals surface area contributed by atoms with Gasteiger partial charge in [-0.2, -0.15) is 0 Å². The molecule has 0 atom stereocenters. The molecule has 0 aliphatic heterocycles. The first kappa shape index (κ1) is 19.9. The molecule has 0 bridgehead atoms. The van der Waals surface area contributed by atoms with Crippen molar-refractivity contribution in [2.75, 3.05) is 18.8 Å². The fourth-order valence-corrected chi connectivity index (χ4v) is 3.33. The molecule has 1 aromatic heterocycles. The Bertz CT molecular complexity index is 766. The number of aromatic nitrogens is 2. The fourth-order valence-electron chi connectivity index (χ4n) is 2.43. The highest BCUT2D eigenvalue weighted by Gasteiger charge is 2.15. The van der Waals surface area contributed by atoms with Crippen molar-refractivity contribution in [1.82, 2.24) is 14.5 Å². The Balaban J connectivity index is 2.12. The molecule has 0 aliphatic rings. The van der Waals surface area contributed by atoms with Crippen LogP contribution in [0, 0.1) is 5.82 Å². The van der Waals surface area contributed by atoms with Crippen LogP contribution >= 0.6 is 11.8 Å². The Morgan fingerprint density at radius 2 is 2.08 bits per heavy atom. The largest absolute Gasteiger partial charge is 0.390 e. The first-order valence-corrected chi connectivity index (χ1v) is 9.09. The van der Waals surface area contributed by atoms with Crippen molar-refractivity contribution in [3.8, 4) is 0 Å². The summed E-state index contributed by atoms with van der Waals surface area (Å²) in [5.74, 6) is -0.171. The SMILES string of the molecule is C=CCN(CC=C)C(=O)CSc1ncc(CO)n1Cc1cccc(F)c1. The van der Waals surface area contributed by atoms with Crippen molar-refractivity contribution in [2.45, 2.75) is 18.3 Å².